The van der Waals surface area contributed by atoms with Gasteiger partial charge < -0.3 is 20.1 Å². The number of hydrogen-bond donors (Lipinski definition) is 2. The van der Waals surface area contributed by atoms with Crippen molar-refractivity contribution in [3.05, 3.63) is 68.0 Å². The Morgan fingerprint density at radius 2 is 1.48 bits per heavy atom. The highest BCUT2D eigenvalue weighted by molar-refractivity contribution is 7.12. The molecule has 2 heterocycles. The minimum atomic E-state index is -0.141. The molecule has 1 unspecified atom stereocenters. The molecule has 1 atom stereocenters. The van der Waals surface area contributed by atoms with Crippen LogP contribution in [0.15, 0.2) is 47.2 Å². The highest BCUT2D eigenvalue weighted by Crippen LogP contribution is 2.23. The molecule has 0 aliphatic heterocycles. The van der Waals surface area contributed by atoms with Crippen molar-refractivity contribution in [2.75, 3.05) is 14.2 Å². The Kier molecular flexibility index (Phi) is 6.90. The SMILES string of the molecule is COc1csc(C(=O)NCc2ccc(C(C)NC(=O)c3cc(OC)cs3)cc2)c1. The van der Waals surface area contributed by atoms with Crippen molar-refractivity contribution in [1.82, 2.24) is 10.6 Å². The van der Waals surface area contributed by atoms with Gasteiger partial charge in [0.2, 0.25) is 0 Å². The van der Waals surface area contributed by atoms with Gasteiger partial charge in [-0.05, 0) is 18.1 Å². The van der Waals surface area contributed by atoms with Crippen molar-refractivity contribution in [3.63, 3.8) is 0 Å². The van der Waals surface area contributed by atoms with Crippen LogP contribution in [0.4, 0.5) is 0 Å². The molecule has 8 heteroatoms. The fourth-order valence-corrected chi connectivity index (χ4v) is 4.16. The summed E-state index contributed by atoms with van der Waals surface area (Å²) >= 11 is 2.69. The molecule has 0 fully saturated rings. The van der Waals surface area contributed by atoms with E-state index in [0.29, 0.717) is 27.8 Å². The van der Waals surface area contributed by atoms with Crippen molar-refractivity contribution < 1.29 is 19.1 Å². The van der Waals surface area contributed by atoms with E-state index in [4.69, 9.17) is 9.47 Å². The van der Waals surface area contributed by atoms with Crippen molar-refractivity contribution in [2.45, 2.75) is 19.5 Å². The maximum absolute atomic E-state index is 12.3. The number of benzene rings is 1. The van der Waals surface area contributed by atoms with E-state index in [1.165, 1.54) is 22.7 Å². The lowest BCUT2D eigenvalue weighted by atomic mass is 10.1. The molecular formula is C21H22N2O4S2. The van der Waals surface area contributed by atoms with Crippen LogP contribution in [-0.4, -0.2) is 26.0 Å². The molecule has 3 rings (SSSR count). The van der Waals surface area contributed by atoms with Gasteiger partial charge in [-0.25, -0.2) is 0 Å². The summed E-state index contributed by atoms with van der Waals surface area (Å²) in [6.07, 6.45) is 0. The number of thiophene rings is 2. The van der Waals surface area contributed by atoms with Crippen LogP contribution in [-0.2, 0) is 6.54 Å². The summed E-state index contributed by atoms with van der Waals surface area (Å²) < 4.78 is 10.2. The van der Waals surface area contributed by atoms with E-state index >= 15 is 0 Å². The monoisotopic (exact) mass is 430 g/mol. The zero-order valence-electron chi connectivity index (χ0n) is 16.4. The van der Waals surface area contributed by atoms with Gasteiger partial charge in [0.25, 0.3) is 11.8 Å². The number of ether oxygens (including phenoxy) is 2. The summed E-state index contributed by atoms with van der Waals surface area (Å²) in [5.41, 5.74) is 1.96. The summed E-state index contributed by atoms with van der Waals surface area (Å²) in [7, 11) is 3.15. The second-order valence-electron chi connectivity index (χ2n) is 6.32. The molecule has 2 N–H and O–H groups in total. The van der Waals surface area contributed by atoms with Gasteiger partial charge in [-0.3, -0.25) is 9.59 Å². The summed E-state index contributed by atoms with van der Waals surface area (Å²) in [5.74, 6) is 1.10. The van der Waals surface area contributed by atoms with Crippen LogP contribution < -0.4 is 20.1 Å². The van der Waals surface area contributed by atoms with Crippen molar-refractivity contribution in [1.29, 1.82) is 0 Å². The third-order valence-electron chi connectivity index (χ3n) is 4.35. The van der Waals surface area contributed by atoms with E-state index in [9.17, 15) is 9.59 Å². The zero-order chi connectivity index (χ0) is 20.8. The van der Waals surface area contributed by atoms with Crippen LogP contribution in [0.3, 0.4) is 0 Å². The molecule has 0 saturated heterocycles. The Morgan fingerprint density at radius 3 is 2.00 bits per heavy atom. The van der Waals surface area contributed by atoms with Gasteiger partial charge in [0, 0.05) is 29.4 Å². The maximum atomic E-state index is 12.3. The number of rotatable bonds is 8. The van der Waals surface area contributed by atoms with Gasteiger partial charge in [0.1, 0.15) is 11.5 Å². The van der Waals surface area contributed by atoms with Gasteiger partial charge in [-0.2, -0.15) is 0 Å². The molecular weight excluding hydrogens is 408 g/mol. The summed E-state index contributed by atoms with van der Waals surface area (Å²) in [5, 5.41) is 9.48. The Bertz CT molecular complexity index is 979. The topological polar surface area (TPSA) is 76.7 Å². The van der Waals surface area contributed by atoms with Crippen LogP contribution in [0.2, 0.25) is 0 Å². The molecule has 0 radical (unpaired) electrons. The summed E-state index contributed by atoms with van der Waals surface area (Å²) in [4.78, 5) is 25.8. The van der Waals surface area contributed by atoms with E-state index in [1.807, 2.05) is 31.2 Å². The standard InChI is InChI=1S/C21H22N2O4S2/c1-13(23-21(25)19-9-17(27-3)12-29-19)15-6-4-14(5-7-15)10-22-20(24)18-8-16(26-2)11-28-18/h4-9,11-13H,10H2,1-3H3,(H,22,24)(H,23,25). The van der Waals surface area contributed by atoms with Crippen LogP contribution in [0, 0.1) is 0 Å². The molecule has 1 aromatic carbocycles. The average Bonchev–Trinajstić information content (AvgIpc) is 3.41. The summed E-state index contributed by atoms with van der Waals surface area (Å²) in [6.45, 7) is 2.36. The first-order chi connectivity index (χ1) is 14.0. The third-order valence-corrected chi connectivity index (χ3v) is 6.16. The van der Waals surface area contributed by atoms with E-state index in [2.05, 4.69) is 10.6 Å². The Morgan fingerprint density at radius 1 is 0.931 bits per heavy atom. The molecule has 152 valence electrons. The Hall–Kier alpha value is -2.84. The third kappa shape index (κ3) is 5.36. The molecule has 0 aliphatic carbocycles. The average molecular weight is 431 g/mol. The van der Waals surface area contributed by atoms with E-state index in [1.54, 1.807) is 37.1 Å². The van der Waals surface area contributed by atoms with E-state index < -0.39 is 0 Å². The minimum absolute atomic E-state index is 0.130. The number of carbonyl (C=O) groups excluding carboxylic acids is 2. The van der Waals surface area contributed by atoms with Crippen LogP contribution in [0.25, 0.3) is 0 Å². The van der Waals surface area contributed by atoms with Gasteiger partial charge in [0.05, 0.1) is 30.0 Å². The van der Waals surface area contributed by atoms with Gasteiger partial charge >= 0.3 is 0 Å². The first-order valence-electron chi connectivity index (χ1n) is 8.93. The van der Waals surface area contributed by atoms with Crippen molar-refractivity contribution in [2.24, 2.45) is 0 Å². The number of methoxy groups -OCH3 is 2. The van der Waals surface area contributed by atoms with Crippen LogP contribution in [0.1, 0.15) is 43.4 Å². The predicted molar refractivity (Wildman–Crippen MR) is 115 cm³/mol. The second kappa shape index (κ2) is 9.58. The minimum Gasteiger partial charge on any atom is -0.496 e. The smallest absolute Gasteiger partial charge is 0.261 e. The van der Waals surface area contributed by atoms with Crippen molar-refractivity contribution >= 4 is 34.5 Å². The molecule has 2 aromatic heterocycles. The fourth-order valence-electron chi connectivity index (χ4n) is 2.63. The zero-order valence-corrected chi connectivity index (χ0v) is 18.0. The van der Waals surface area contributed by atoms with Gasteiger partial charge in [-0.15, -0.1) is 22.7 Å². The molecule has 29 heavy (non-hydrogen) atoms. The first-order valence-corrected chi connectivity index (χ1v) is 10.7. The highest BCUT2D eigenvalue weighted by Gasteiger charge is 2.14. The largest absolute Gasteiger partial charge is 0.496 e. The lowest BCUT2D eigenvalue weighted by molar-refractivity contribution is 0.0939. The summed E-state index contributed by atoms with van der Waals surface area (Å²) in [6, 6.07) is 11.1. The molecule has 2 amide bonds. The molecule has 0 bridgehead atoms. The van der Waals surface area contributed by atoms with Crippen molar-refractivity contribution in [3.8, 4) is 11.5 Å². The fraction of sp³-hybridized carbons (Fsp3) is 0.238. The Balaban J connectivity index is 1.53. The van der Waals surface area contributed by atoms with Gasteiger partial charge in [-0.1, -0.05) is 24.3 Å². The van der Waals surface area contributed by atoms with Gasteiger partial charge in [0.15, 0.2) is 0 Å². The van der Waals surface area contributed by atoms with E-state index in [0.717, 1.165) is 11.1 Å². The Labute approximate surface area is 177 Å². The normalized spacial score (nSPS) is 11.6. The second-order valence-corrected chi connectivity index (χ2v) is 8.14. The number of amides is 2. The number of nitrogens with one attached hydrogen (secondary N) is 2. The maximum Gasteiger partial charge on any atom is 0.261 e. The van der Waals surface area contributed by atoms with Crippen LogP contribution >= 0.6 is 22.7 Å². The molecule has 0 spiro atoms. The molecule has 0 aliphatic rings. The number of hydrogen-bond acceptors (Lipinski definition) is 6. The lowest BCUT2D eigenvalue weighted by Gasteiger charge is -2.14. The quantitative estimate of drug-likeness (QED) is 0.560. The lowest BCUT2D eigenvalue weighted by Crippen LogP contribution is -2.26. The predicted octanol–water partition coefficient (Wildman–Crippen LogP) is 4.25. The molecule has 3 aromatic rings. The van der Waals surface area contributed by atoms with E-state index in [-0.39, 0.29) is 17.9 Å². The first kappa shape index (κ1) is 20.9. The number of carbonyl (C=O) groups is 2. The molecule has 0 saturated carbocycles. The highest BCUT2D eigenvalue weighted by atomic mass is 32.1. The molecule has 6 nitrogen and oxygen atoms in total. The van der Waals surface area contributed by atoms with Crippen LogP contribution in [0.5, 0.6) is 11.5 Å².